The van der Waals surface area contributed by atoms with Crippen LogP contribution < -0.4 is 20.7 Å². The molecule has 0 aromatic carbocycles. The van der Waals surface area contributed by atoms with Crippen LogP contribution in [0.1, 0.15) is 151 Å². The molecule has 1 aromatic rings. The van der Waals surface area contributed by atoms with Gasteiger partial charge in [-0.3, -0.25) is 14.6 Å². The maximum atomic E-state index is 14.4. The van der Waals surface area contributed by atoms with Crippen molar-refractivity contribution in [2.45, 2.75) is 146 Å². The number of carbonyl (C=O) groups excluding carboxylic acids is 2. The number of hydrogen-bond donors (Lipinski definition) is 0. The SMILES string of the molecule is C=CC1=C(C)C2=NC1=CC1=NC(=Cc3[n-]c4c(c3C)=C([O-])C(C(=O)OC)C=4C3=NC(=C2)[C@@H](C)[C@@H]3CCC(=O)OC/C=C(/C)CCCC(C)CCCC(C)CCCC(C)C)C(CC)=C1C.[Mg+2]. The Labute approximate surface area is 404 Å². The summed E-state index contributed by atoms with van der Waals surface area (Å²) in [4.78, 5) is 47.5. The second kappa shape index (κ2) is 22.9. The van der Waals surface area contributed by atoms with Crippen LogP contribution in [0.15, 0.2) is 90.8 Å². The summed E-state index contributed by atoms with van der Waals surface area (Å²) in [6.07, 6.45) is 22.4. The topological polar surface area (TPSA) is 127 Å². The fourth-order valence-electron chi connectivity index (χ4n) is 10.1. The molecule has 0 saturated heterocycles. The molecule has 344 valence electrons. The van der Waals surface area contributed by atoms with Crippen molar-refractivity contribution >= 4 is 69.5 Å². The van der Waals surface area contributed by atoms with Crippen LogP contribution in [0.2, 0.25) is 0 Å². The van der Waals surface area contributed by atoms with Crippen LogP contribution in [0.4, 0.5) is 0 Å². The Kier molecular flexibility index (Phi) is 18.3. The molecule has 6 rings (SSSR count). The maximum Gasteiger partial charge on any atom is 2.00 e. The summed E-state index contributed by atoms with van der Waals surface area (Å²) in [5.74, 6) is -0.711. The zero-order valence-electron chi connectivity index (χ0n) is 41.3. The number of ether oxygens (including phenoxy) is 2. The first kappa shape index (κ1) is 51.7. The van der Waals surface area contributed by atoms with E-state index in [-0.39, 0.29) is 59.6 Å². The van der Waals surface area contributed by atoms with E-state index in [1.165, 1.54) is 57.6 Å². The van der Waals surface area contributed by atoms with Crippen molar-refractivity contribution in [1.29, 1.82) is 0 Å². The van der Waals surface area contributed by atoms with Crippen LogP contribution in [-0.2, 0) is 19.1 Å². The van der Waals surface area contributed by atoms with E-state index in [1.807, 2.05) is 44.2 Å². The number of fused-ring (bicyclic) bond motifs is 5. The Hall–Kier alpha value is -4.28. The van der Waals surface area contributed by atoms with Crippen molar-refractivity contribution in [3.63, 3.8) is 0 Å². The van der Waals surface area contributed by atoms with E-state index in [0.29, 0.717) is 45.4 Å². The minimum absolute atomic E-state index is 0. The largest absolute Gasteiger partial charge is 2.00 e. The molecule has 3 unspecified atom stereocenters. The normalized spacial score (nSPS) is 21.2. The molecule has 65 heavy (non-hydrogen) atoms. The van der Waals surface area contributed by atoms with Crippen molar-refractivity contribution in [3.8, 4) is 0 Å². The van der Waals surface area contributed by atoms with Gasteiger partial charge in [-0.1, -0.05) is 116 Å². The molecule has 1 aromatic heterocycles. The Morgan fingerprint density at radius 3 is 2.18 bits per heavy atom. The number of carbonyl (C=O) groups is 2. The van der Waals surface area contributed by atoms with E-state index in [2.05, 4.69) is 62.0 Å². The van der Waals surface area contributed by atoms with Crippen molar-refractivity contribution in [2.75, 3.05) is 13.7 Å². The Morgan fingerprint density at radius 1 is 0.892 bits per heavy atom. The zero-order valence-corrected chi connectivity index (χ0v) is 42.7. The summed E-state index contributed by atoms with van der Waals surface area (Å²) in [5.41, 5.74) is 11.4. The van der Waals surface area contributed by atoms with Gasteiger partial charge in [-0.25, -0.2) is 9.98 Å². The van der Waals surface area contributed by atoms with Gasteiger partial charge in [-0.15, -0.1) is 16.8 Å². The minimum atomic E-state index is -1.22. The fourth-order valence-corrected chi connectivity index (χ4v) is 10.1. The number of rotatable bonds is 20. The summed E-state index contributed by atoms with van der Waals surface area (Å²) < 4.78 is 11.0. The molecule has 0 radical (unpaired) electrons. The molecule has 10 heteroatoms. The molecule has 0 N–H and O–H groups in total. The van der Waals surface area contributed by atoms with E-state index >= 15 is 0 Å². The van der Waals surface area contributed by atoms with Gasteiger partial charge in [0.2, 0.25) is 0 Å². The molecule has 9 nitrogen and oxygen atoms in total. The van der Waals surface area contributed by atoms with Gasteiger partial charge in [-0.05, 0) is 117 Å². The van der Waals surface area contributed by atoms with Crippen LogP contribution in [0.25, 0.3) is 17.4 Å². The molecule has 0 saturated carbocycles. The maximum absolute atomic E-state index is 14.4. The molecule has 5 aliphatic rings. The number of allylic oxidation sites excluding steroid dienone is 8. The summed E-state index contributed by atoms with van der Waals surface area (Å²) in [7, 11) is 1.30. The summed E-state index contributed by atoms with van der Waals surface area (Å²) in [6, 6.07) is 0. The molecule has 0 spiro atoms. The van der Waals surface area contributed by atoms with Crippen LogP contribution in [0.5, 0.6) is 0 Å². The molecule has 0 amide bonds. The van der Waals surface area contributed by atoms with Crippen molar-refractivity contribution in [1.82, 2.24) is 4.98 Å². The predicted octanol–water partition coefficient (Wildman–Crippen LogP) is 9.67. The third-order valence-corrected chi connectivity index (χ3v) is 14.2. The zero-order chi connectivity index (χ0) is 46.4. The van der Waals surface area contributed by atoms with Gasteiger partial charge < -0.3 is 19.6 Å². The van der Waals surface area contributed by atoms with Crippen molar-refractivity contribution in [3.05, 3.63) is 97.7 Å². The van der Waals surface area contributed by atoms with Gasteiger partial charge in [0.1, 0.15) is 6.61 Å². The van der Waals surface area contributed by atoms with Gasteiger partial charge >= 0.3 is 35.0 Å². The van der Waals surface area contributed by atoms with Crippen LogP contribution in [0.3, 0.4) is 0 Å². The van der Waals surface area contributed by atoms with Crippen LogP contribution >= 0.6 is 0 Å². The molecule has 5 heterocycles. The standard InChI is InChI=1S/C55H73N4O5.Mg/c1-13-39-35(8)42-28-44-37(10)41(24-25-48(60)64-27-26-34(7)23-17-22-33(6)21-16-20-32(5)19-15-18-31(3)4)52(58-44)50-51(55(62)63-12)54(61)49-38(11)45(59-53(49)50)30-47-40(14-2)36(9)43(57-47)29-46(39)56-42;/h13,26,28-33,37,41,51H,1,14-25,27H2,2-12H3,(H-,56,57,58,59,61);/q-1;+2/p-1/b34-26-;/t32?,33?,37-,41-,51?;/m0./s1. The first-order valence-electron chi connectivity index (χ1n) is 24.0. The summed E-state index contributed by atoms with van der Waals surface area (Å²) in [6.45, 7) is 26.0. The number of esters is 2. The molecule has 8 bridgehead atoms. The number of nitrogens with zero attached hydrogens (tertiary/aromatic N) is 4. The van der Waals surface area contributed by atoms with E-state index in [9.17, 15) is 14.7 Å². The number of hydrogen-bond acceptors (Lipinski definition) is 8. The first-order valence-corrected chi connectivity index (χ1v) is 24.0. The molecule has 0 fully saturated rings. The third kappa shape index (κ3) is 11.6. The molecule has 5 atom stereocenters. The molecular weight excluding hydrogens is 821 g/mol. The van der Waals surface area contributed by atoms with E-state index in [0.717, 1.165) is 81.9 Å². The monoisotopic (exact) mass is 893 g/mol. The molecule has 4 aliphatic heterocycles. The molecule has 1 aliphatic carbocycles. The van der Waals surface area contributed by atoms with Gasteiger partial charge in [0.25, 0.3) is 0 Å². The number of methoxy groups -OCH3 is 1. The number of aliphatic imine (C=N–C) groups is 3. The second-order valence-corrected chi connectivity index (χ2v) is 19.4. The van der Waals surface area contributed by atoms with Crippen molar-refractivity contribution < 1.29 is 24.2 Å². The van der Waals surface area contributed by atoms with Gasteiger partial charge in [-0.2, -0.15) is 0 Å². The van der Waals surface area contributed by atoms with E-state index in [4.69, 9.17) is 29.4 Å². The smallest absolute Gasteiger partial charge is 0.874 e. The Bertz CT molecular complexity index is 2450. The average Bonchev–Trinajstić information content (AvgIpc) is 3.99. The average molecular weight is 894 g/mol. The quantitative estimate of drug-likeness (QED) is 0.0729. The first-order chi connectivity index (χ1) is 30.6. The minimum Gasteiger partial charge on any atom is -0.874 e. The predicted molar refractivity (Wildman–Crippen MR) is 265 cm³/mol. The third-order valence-electron chi connectivity index (χ3n) is 14.2. The van der Waals surface area contributed by atoms with Gasteiger partial charge in [0.05, 0.1) is 35.8 Å². The number of aromatic nitrogens is 1. The second-order valence-electron chi connectivity index (χ2n) is 19.4. The van der Waals surface area contributed by atoms with Crippen LogP contribution in [0, 0.1) is 42.4 Å². The Balaban J connectivity index is 0.00000793. The van der Waals surface area contributed by atoms with E-state index < -0.39 is 11.9 Å². The molecular formula is C55H72MgN4O5. The summed E-state index contributed by atoms with van der Waals surface area (Å²) >= 11 is 0. The van der Waals surface area contributed by atoms with Crippen molar-refractivity contribution in [2.24, 2.45) is 50.5 Å². The Morgan fingerprint density at radius 2 is 1.54 bits per heavy atom. The fraction of sp³-hybridized carbons (Fsp3) is 0.545. The van der Waals surface area contributed by atoms with Gasteiger partial charge in [0, 0.05) is 35.2 Å². The van der Waals surface area contributed by atoms with Gasteiger partial charge in [0.15, 0.2) is 0 Å². The van der Waals surface area contributed by atoms with Crippen LogP contribution in [-0.4, -0.2) is 65.8 Å². The summed E-state index contributed by atoms with van der Waals surface area (Å²) in [5, 5.41) is 15.2. The van der Waals surface area contributed by atoms with E-state index in [1.54, 1.807) is 0 Å².